The number of carbonyl (C=O) groups is 4. The molecule has 2 rings (SSSR count). The summed E-state index contributed by atoms with van der Waals surface area (Å²) in [6.45, 7) is 8.60. The van der Waals surface area contributed by atoms with Crippen LogP contribution in [0.3, 0.4) is 0 Å². The molecule has 0 N–H and O–H groups in total. The van der Waals surface area contributed by atoms with Crippen LogP contribution >= 0.6 is 0 Å². The topological polar surface area (TPSA) is 124 Å². The minimum Gasteiger partial charge on any atom is -0.460 e. The smallest absolute Gasteiger partial charge is 0.347 e. The number of hydrogen-bond donors (Lipinski definition) is 0. The molecule has 0 heterocycles. The maximum Gasteiger partial charge on any atom is 0.347 e. The zero-order valence-electron chi connectivity index (χ0n) is 23.6. The quantitative estimate of drug-likeness (QED) is 0.111. The van der Waals surface area contributed by atoms with Crippen LogP contribution in [0.2, 0.25) is 0 Å². The molecule has 10 heteroatoms. The van der Waals surface area contributed by atoms with Gasteiger partial charge in [0.05, 0.1) is 19.6 Å². The molecule has 0 aromatic carbocycles. The van der Waals surface area contributed by atoms with Gasteiger partial charge in [0.1, 0.15) is 12.2 Å². The van der Waals surface area contributed by atoms with E-state index in [4.69, 9.17) is 28.4 Å². The van der Waals surface area contributed by atoms with Gasteiger partial charge in [-0.25, -0.2) is 14.4 Å². The Labute approximate surface area is 232 Å². The zero-order valence-corrected chi connectivity index (χ0v) is 23.6. The minimum absolute atomic E-state index is 0.120. The maximum absolute atomic E-state index is 12.8. The second-order valence-corrected chi connectivity index (χ2v) is 10.0. The van der Waals surface area contributed by atoms with Gasteiger partial charge < -0.3 is 28.4 Å². The lowest BCUT2D eigenvalue weighted by molar-refractivity contribution is -0.174. The van der Waals surface area contributed by atoms with E-state index in [-0.39, 0.29) is 43.8 Å². The summed E-state index contributed by atoms with van der Waals surface area (Å²) in [4.78, 5) is 50.9. The highest BCUT2D eigenvalue weighted by molar-refractivity contribution is 5.95. The third-order valence-electron chi connectivity index (χ3n) is 6.82. The molecule has 2 unspecified atom stereocenters. The number of esters is 4. The van der Waals surface area contributed by atoms with Crippen molar-refractivity contribution in [2.75, 3.05) is 26.4 Å². The van der Waals surface area contributed by atoms with E-state index in [0.29, 0.717) is 13.2 Å². The first-order valence-corrected chi connectivity index (χ1v) is 14.5. The third-order valence-corrected chi connectivity index (χ3v) is 6.82. The number of hydrogen-bond acceptors (Lipinski definition) is 10. The first-order chi connectivity index (χ1) is 18.8. The van der Waals surface area contributed by atoms with Crippen molar-refractivity contribution in [3.63, 3.8) is 0 Å². The normalized spacial score (nSPS) is 18.0. The van der Waals surface area contributed by atoms with E-state index in [2.05, 4.69) is 6.58 Å². The van der Waals surface area contributed by atoms with Gasteiger partial charge in [-0.3, -0.25) is 4.79 Å². The van der Waals surface area contributed by atoms with Crippen LogP contribution in [0.4, 0.5) is 0 Å². The van der Waals surface area contributed by atoms with Crippen LogP contribution in [0.1, 0.15) is 97.3 Å². The van der Waals surface area contributed by atoms with Crippen molar-refractivity contribution in [1.29, 1.82) is 0 Å². The largest absolute Gasteiger partial charge is 0.460 e. The first kappa shape index (κ1) is 32.8. The SMILES string of the molecule is C=C(CC(=O)OC(CCOCC)C(=O)OC1CCCCC1)C(=O)OC(CCOCC)C(=O)OC1CCCCC1. The van der Waals surface area contributed by atoms with Crippen molar-refractivity contribution in [3.05, 3.63) is 12.2 Å². The van der Waals surface area contributed by atoms with Gasteiger partial charge in [-0.05, 0) is 65.2 Å². The summed E-state index contributed by atoms with van der Waals surface area (Å²) in [5.41, 5.74) is -0.198. The first-order valence-electron chi connectivity index (χ1n) is 14.5. The fourth-order valence-electron chi connectivity index (χ4n) is 4.62. The van der Waals surface area contributed by atoms with Crippen molar-refractivity contribution < 1.29 is 47.6 Å². The van der Waals surface area contributed by atoms with Crippen molar-refractivity contribution in [2.45, 2.75) is 122 Å². The second kappa shape index (κ2) is 18.8. The minimum atomic E-state index is -1.18. The van der Waals surface area contributed by atoms with Crippen LogP contribution in [0.25, 0.3) is 0 Å². The molecule has 2 fully saturated rings. The summed E-state index contributed by atoms with van der Waals surface area (Å²) >= 11 is 0. The Bertz CT molecular complexity index is 783. The summed E-state index contributed by atoms with van der Waals surface area (Å²) < 4.78 is 32.6. The molecule has 222 valence electrons. The lowest BCUT2D eigenvalue weighted by Crippen LogP contribution is -2.35. The Balaban J connectivity index is 1.91. The lowest BCUT2D eigenvalue weighted by atomic mass is 9.98. The summed E-state index contributed by atoms with van der Waals surface area (Å²) in [6, 6.07) is 0. The summed E-state index contributed by atoms with van der Waals surface area (Å²) in [7, 11) is 0. The van der Waals surface area contributed by atoms with Gasteiger partial charge in [-0.15, -0.1) is 0 Å². The Kier molecular flexibility index (Phi) is 15.8. The molecule has 2 aliphatic carbocycles. The van der Waals surface area contributed by atoms with E-state index in [9.17, 15) is 19.2 Å². The van der Waals surface area contributed by atoms with Crippen molar-refractivity contribution in [3.8, 4) is 0 Å². The molecule has 0 aliphatic heterocycles. The summed E-state index contributed by atoms with van der Waals surface area (Å²) in [5.74, 6) is -2.99. The maximum atomic E-state index is 12.8. The van der Waals surface area contributed by atoms with Crippen LogP contribution in [0.5, 0.6) is 0 Å². The van der Waals surface area contributed by atoms with E-state index < -0.39 is 42.5 Å². The average Bonchev–Trinajstić information content (AvgIpc) is 2.93. The Hall–Kier alpha value is -2.46. The molecule has 0 aromatic rings. The molecule has 0 bridgehead atoms. The molecule has 39 heavy (non-hydrogen) atoms. The van der Waals surface area contributed by atoms with E-state index in [0.717, 1.165) is 64.2 Å². The van der Waals surface area contributed by atoms with E-state index in [1.807, 2.05) is 13.8 Å². The number of carbonyl (C=O) groups excluding carboxylic acids is 4. The van der Waals surface area contributed by atoms with E-state index in [1.165, 1.54) is 0 Å². The molecule has 2 atom stereocenters. The van der Waals surface area contributed by atoms with Crippen LogP contribution in [-0.4, -0.2) is 74.7 Å². The standard InChI is InChI=1S/C29H46O10/c1-4-34-18-16-24(28(32)36-22-12-8-6-9-13-22)38-26(30)20-21(3)27(31)39-25(17-19-35-5-2)29(33)37-23-14-10-7-11-15-23/h22-25H,3-20H2,1-2H3. The van der Waals surface area contributed by atoms with Gasteiger partial charge in [0.25, 0.3) is 0 Å². The fourth-order valence-corrected chi connectivity index (χ4v) is 4.62. The molecule has 2 saturated carbocycles. The van der Waals surface area contributed by atoms with Crippen LogP contribution in [0, 0.1) is 0 Å². The molecule has 2 aliphatic rings. The average molecular weight is 555 g/mol. The van der Waals surface area contributed by atoms with Crippen molar-refractivity contribution in [1.82, 2.24) is 0 Å². The van der Waals surface area contributed by atoms with Gasteiger partial charge in [0, 0.05) is 31.6 Å². The third kappa shape index (κ3) is 13.0. The summed E-state index contributed by atoms with van der Waals surface area (Å²) in [5, 5.41) is 0. The van der Waals surface area contributed by atoms with Gasteiger partial charge in [-0.2, -0.15) is 0 Å². The van der Waals surface area contributed by atoms with E-state index >= 15 is 0 Å². The van der Waals surface area contributed by atoms with Gasteiger partial charge in [0.15, 0.2) is 0 Å². The second-order valence-electron chi connectivity index (χ2n) is 10.0. The molecule has 0 radical (unpaired) electrons. The zero-order chi connectivity index (χ0) is 28.5. The van der Waals surface area contributed by atoms with E-state index in [1.54, 1.807) is 0 Å². The fraction of sp³-hybridized carbons (Fsp3) is 0.793. The Morgan fingerprint density at radius 3 is 1.56 bits per heavy atom. The van der Waals surface area contributed by atoms with Crippen molar-refractivity contribution in [2.24, 2.45) is 0 Å². The highest BCUT2D eigenvalue weighted by Crippen LogP contribution is 2.23. The van der Waals surface area contributed by atoms with Crippen LogP contribution in [-0.2, 0) is 47.6 Å². The lowest BCUT2D eigenvalue weighted by Gasteiger charge is -2.25. The molecule has 0 spiro atoms. The molecule has 0 amide bonds. The molecule has 10 nitrogen and oxygen atoms in total. The van der Waals surface area contributed by atoms with Crippen LogP contribution in [0.15, 0.2) is 12.2 Å². The Morgan fingerprint density at radius 2 is 1.13 bits per heavy atom. The molecule has 0 aromatic heterocycles. The monoisotopic (exact) mass is 554 g/mol. The Morgan fingerprint density at radius 1 is 0.692 bits per heavy atom. The van der Waals surface area contributed by atoms with Gasteiger partial charge in [-0.1, -0.05) is 19.4 Å². The van der Waals surface area contributed by atoms with Gasteiger partial charge >= 0.3 is 23.9 Å². The highest BCUT2D eigenvalue weighted by atomic mass is 16.6. The molecular formula is C29H46O10. The summed E-state index contributed by atoms with van der Waals surface area (Å²) in [6.07, 6.45) is 6.34. The van der Waals surface area contributed by atoms with Gasteiger partial charge in [0.2, 0.25) is 12.2 Å². The predicted molar refractivity (Wildman–Crippen MR) is 142 cm³/mol. The molecule has 0 saturated heterocycles. The predicted octanol–water partition coefficient (Wildman–Crippen LogP) is 4.36. The number of rotatable bonds is 17. The molecular weight excluding hydrogens is 508 g/mol. The van der Waals surface area contributed by atoms with Crippen LogP contribution < -0.4 is 0 Å². The number of ether oxygens (including phenoxy) is 6. The van der Waals surface area contributed by atoms with Crippen molar-refractivity contribution >= 4 is 23.9 Å². The highest BCUT2D eigenvalue weighted by Gasteiger charge is 2.31.